The summed E-state index contributed by atoms with van der Waals surface area (Å²) in [7, 11) is 0. The summed E-state index contributed by atoms with van der Waals surface area (Å²) in [5.41, 5.74) is 0. The minimum Gasteiger partial charge on any atom is -0.478 e. The minimum absolute atomic E-state index is 0.493. The first-order chi connectivity index (χ1) is 6.29. The van der Waals surface area contributed by atoms with E-state index in [1.807, 2.05) is 6.08 Å². The molecule has 0 aromatic rings. The maximum atomic E-state index is 10.1. The van der Waals surface area contributed by atoms with Crippen molar-refractivity contribution in [2.24, 2.45) is 5.92 Å². The molecule has 1 unspecified atom stereocenters. The van der Waals surface area contributed by atoms with E-state index in [2.05, 4.69) is 12.2 Å². The molecule has 70 valence electrons. The Morgan fingerprint density at radius 3 is 2.92 bits per heavy atom. The predicted octanol–water partition coefficient (Wildman–Crippen LogP) is 2.54. The topological polar surface area (TPSA) is 37.3 Å². The predicted molar refractivity (Wildman–Crippen MR) is 52.4 cm³/mol. The van der Waals surface area contributed by atoms with Crippen molar-refractivity contribution in [1.82, 2.24) is 0 Å². The van der Waals surface area contributed by atoms with Crippen molar-refractivity contribution in [3.8, 4) is 0 Å². The second-order valence-electron chi connectivity index (χ2n) is 3.11. The van der Waals surface area contributed by atoms with Crippen molar-refractivity contribution < 1.29 is 9.90 Å². The monoisotopic (exact) mass is 178 g/mol. The fourth-order valence-electron chi connectivity index (χ4n) is 1.34. The SMILES string of the molecule is O=C(O)C=CC=CC1C=CCCC1. The van der Waals surface area contributed by atoms with Gasteiger partial charge in [0.1, 0.15) is 0 Å². The Labute approximate surface area is 78.3 Å². The zero-order valence-corrected chi connectivity index (χ0v) is 7.52. The molecule has 0 saturated carbocycles. The highest BCUT2D eigenvalue weighted by molar-refractivity contribution is 5.80. The van der Waals surface area contributed by atoms with Gasteiger partial charge < -0.3 is 5.11 Å². The smallest absolute Gasteiger partial charge is 0.328 e. The highest BCUT2D eigenvalue weighted by atomic mass is 16.4. The first-order valence-corrected chi connectivity index (χ1v) is 4.53. The van der Waals surface area contributed by atoms with Crippen molar-refractivity contribution >= 4 is 5.97 Å². The molecule has 0 aromatic carbocycles. The Kier molecular flexibility index (Phi) is 4.03. The molecule has 0 amide bonds. The molecule has 1 atom stereocenters. The van der Waals surface area contributed by atoms with Gasteiger partial charge in [-0.2, -0.15) is 0 Å². The van der Waals surface area contributed by atoms with E-state index in [9.17, 15) is 4.79 Å². The summed E-state index contributed by atoms with van der Waals surface area (Å²) < 4.78 is 0. The summed E-state index contributed by atoms with van der Waals surface area (Å²) in [6.45, 7) is 0. The van der Waals surface area contributed by atoms with E-state index < -0.39 is 5.97 Å². The van der Waals surface area contributed by atoms with Crippen molar-refractivity contribution in [2.75, 3.05) is 0 Å². The molecule has 0 saturated heterocycles. The molecule has 1 N–H and O–H groups in total. The third-order valence-electron chi connectivity index (χ3n) is 2.00. The molecular weight excluding hydrogens is 164 g/mol. The molecule has 0 heterocycles. The van der Waals surface area contributed by atoms with E-state index in [-0.39, 0.29) is 0 Å². The van der Waals surface area contributed by atoms with Crippen LogP contribution in [0.15, 0.2) is 36.5 Å². The van der Waals surface area contributed by atoms with Gasteiger partial charge in [-0.05, 0) is 25.2 Å². The van der Waals surface area contributed by atoms with Crippen molar-refractivity contribution in [3.05, 3.63) is 36.5 Å². The lowest BCUT2D eigenvalue weighted by Crippen LogP contribution is -1.95. The second-order valence-corrected chi connectivity index (χ2v) is 3.11. The molecule has 0 radical (unpaired) electrons. The number of allylic oxidation sites excluding steroid dienone is 5. The van der Waals surface area contributed by atoms with Gasteiger partial charge in [-0.25, -0.2) is 4.79 Å². The number of aliphatic carboxylic acids is 1. The van der Waals surface area contributed by atoms with Crippen LogP contribution in [0.2, 0.25) is 0 Å². The van der Waals surface area contributed by atoms with Crippen LogP contribution in [0.1, 0.15) is 19.3 Å². The van der Waals surface area contributed by atoms with Crippen LogP contribution in [0, 0.1) is 5.92 Å². The summed E-state index contributed by atoms with van der Waals surface area (Å²) in [6, 6.07) is 0. The fourth-order valence-corrected chi connectivity index (χ4v) is 1.34. The first-order valence-electron chi connectivity index (χ1n) is 4.53. The Bertz CT molecular complexity index is 249. The Morgan fingerprint density at radius 2 is 2.31 bits per heavy atom. The standard InChI is InChI=1S/C11H14O2/c12-11(13)9-5-4-8-10-6-2-1-3-7-10/h2,4-6,8-10H,1,3,7H2,(H,12,13). The van der Waals surface area contributed by atoms with E-state index in [1.165, 1.54) is 19.3 Å². The van der Waals surface area contributed by atoms with E-state index in [0.29, 0.717) is 5.92 Å². The largest absolute Gasteiger partial charge is 0.478 e. The lowest BCUT2D eigenvalue weighted by Gasteiger charge is -2.10. The molecule has 2 nitrogen and oxygen atoms in total. The number of rotatable bonds is 3. The van der Waals surface area contributed by atoms with Crippen molar-refractivity contribution in [2.45, 2.75) is 19.3 Å². The molecule has 0 aliphatic heterocycles. The van der Waals surface area contributed by atoms with E-state index in [1.54, 1.807) is 12.2 Å². The van der Waals surface area contributed by atoms with Gasteiger partial charge in [0.2, 0.25) is 0 Å². The van der Waals surface area contributed by atoms with E-state index >= 15 is 0 Å². The molecule has 0 aromatic heterocycles. The van der Waals surface area contributed by atoms with E-state index in [0.717, 1.165) is 6.08 Å². The summed E-state index contributed by atoms with van der Waals surface area (Å²) in [5.74, 6) is -0.406. The Balaban J connectivity index is 2.34. The number of carboxylic acid groups (broad SMARTS) is 1. The fraction of sp³-hybridized carbons (Fsp3) is 0.364. The Hall–Kier alpha value is -1.31. The molecule has 0 bridgehead atoms. The maximum Gasteiger partial charge on any atom is 0.328 e. The molecule has 13 heavy (non-hydrogen) atoms. The van der Waals surface area contributed by atoms with Crippen LogP contribution < -0.4 is 0 Å². The van der Waals surface area contributed by atoms with Gasteiger partial charge in [-0.3, -0.25) is 0 Å². The van der Waals surface area contributed by atoms with Gasteiger partial charge in [0.25, 0.3) is 0 Å². The van der Waals surface area contributed by atoms with Crippen LogP contribution in [0.3, 0.4) is 0 Å². The summed E-state index contributed by atoms with van der Waals surface area (Å²) in [6.07, 6.45) is 14.5. The number of hydrogen-bond donors (Lipinski definition) is 1. The van der Waals surface area contributed by atoms with Gasteiger partial charge >= 0.3 is 5.97 Å². The molecule has 0 fully saturated rings. The van der Waals surface area contributed by atoms with Gasteiger partial charge in [0, 0.05) is 6.08 Å². The van der Waals surface area contributed by atoms with Crippen LogP contribution in [-0.4, -0.2) is 11.1 Å². The van der Waals surface area contributed by atoms with Crippen LogP contribution in [-0.2, 0) is 4.79 Å². The molecular formula is C11H14O2. The zero-order valence-electron chi connectivity index (χ0n) is 7.52. The van der Waals surface area contributed by atoms with Crippen LogP contribution in [0.4, 0.5) is 0 Å². The van der Waals surface area contributed by atoms with Gasteiger partial charge in [0.05, 0.1) is 0 Å². The summed E-state index contributed by atoms with van der Waals surface area (Å²) >= 11 is 0. The first kappa shape index (κ1) is 9.78. The molecule has 1 aliphatic rings. The van der Waals surface area contributed by atoms with Crippen LogP contribution in [0.25, 0.3) is 0 Å². The maximum absolute atomic E-state index is 10.1. The molecule has 1 rings (SSSR count). The second kappa shape index (κ2) is 5.36. The number of carboxylic acids is 1. The third kappa shape index (κ3) is 4.31. The average Bonchev–Trinajstić information content (AvgIpc) is 2.14. The van der Waals surface area contributed by atoms with Gasteiger partial charge in [0.15, 0.2) is 0 Å². The molecule has 2 heteroatoms. The van der Waals surface area contributed by atoms with Crippen LogP contribution >= 0.6 is 0 Å². The number of carbonyl (C=O) groups is 1. The van der Waals surface area contributed by atoms with Gasteiger partial charge in [-0.15, -0.1) is 0 Å². The van der Waals surface area contributed by atoms with Crippen molar-refractivity contribution in [3.63, 3.8) is 0 Å². The van der Waals surface area contributed by atoms with Crippen molar-refractivity contribution in [1.29, 1.82) is 0 Å². The highest BCUT2D eigenvalue weighted by Gasteiger charge is 2.02. The Morgan fingerprint density at radius 1 is 1.46 bits per heavy atom. The third-order valence-corrected chi connectivity index (χ3v) is 2.00. The highest BCUT2D eigenvalue weighted by Crippen LogP contribution is 2.17. The lowest BCUT2D eigenvalue weighted by molar-refractivity contribution is -0.131. The van der Waals surface area contributed by atoms with Gasteiger partial charge in [-0.1, -0.05) is 30.4 Å². The number of hydrogen-bond acceptors (Lipinski definition) is 1. The minimum atomic E-state index is -0.899. The zero-order chi connectivity index (χ0) is 9.52. The summed E-state index contributed by atoms with van der Waals surface area (Å²) in [4.78, 5) is 10.1. The quantitative estimate of drug-likeness (QED) is 0.409. The average molecular weight is 178 g/mol. The molecule has 1 aliphatic carbocycles. The van der Waals surface area contributed by atoms with Crippen LogP contribution in [0.5, 0.6) is 0 Å². The van der Waals surface area contributed by atoms with E-state index in [4.69, 9.17) is 5.11 Å². The molecule has 0 spiro atoms. The summed E-state index contributed by atoms with van der Waals surface area (Å²) in [5, 5.41) is 8.32. The normalized spacial score (nSPS) is 22.9. The lowest BCUT2D eigenvalue weighted by atomic mass is 9.96.